The molecular weight excluding hydrogens is 354 g/mol. The maximum atomic E-state index is 12.5. The van der Waals surface area contributed by atoms with Gasteiger partial charge in [0.15, 0.2) is 5.82 Å². The molecular formula is C17H15N5O3S. The number of benzene rings is 1. The van der Waals surface area contributed by atoms with Gasteiger partial charge in [-0.15, -0.1) is 11.3 Å². The lowest BCUT2D eigenvalue weighted by Crippen LogP contribution is -2.37. The first-order valence-electron chi connectivity index (χ1n) is 7.98. The molecule has 1 aromatic carbocycles. The molecule has 0 atom stereocenters. The fraction of sp³-hybridized carbons (Fsp3) is 0.176. The molecule has 0 spiro atoms. The molecule has 1 aliphatic rings. The van der Waals surface area contributed by atoms with Crippen LogP contribution in [0.4, 0.5) is 10.5 Å². The van der Waals surface area contributed by atoms with E-state index in [1.165, 1.54) is 16.2 Å². The fourth-order valence-corrected chi connectivity index (χ4v) is 3.42. The zero-order chi connectivity index (χ0) is 18.1. The van der Waals surface area contributed by atoms with Crippen molar-refractivity contribution in [1.29, 1.82) is 0 Å². The van der Waals surface area contributed by atoms with Crippen molar-refractivity contribution in [1.82, 2.24) is 19.7 Å². The van der Waals surface area contributed by atoms with Crippen LogP contribution in [0.15, 0.2) is 52.6 Å². The maximum absolute atomic E-state index is 12.5. The lowest BCUT2D eigenvalue weighted by atomic mass is 10.3. The third kappa shape index (κ3) is 2.92. The van der Waals surface area contributed by atoms with Gasteiger partial charge in [0.25, 0.3) is 0 Å². The Morgan fingerprint density at radius 3 is 2.65 bits per heavy atom. The Kier molecular flexibility index (Phi) is 4.13. The average molecular weight is 369 g/mol. The molecule has 0 unspecified atom stereocenters. The van der Waals surface area contributed by atoms with Crippen LogP contribution in [0.1, 0.15) is 10.7 Å². The highest BCUT2D eigenvalue weighted by molar-refractivity contribution is 7.09. The van der Waals surface area contributed by atoms with Gasteiger partial charge in [0.05, 0.1) is 13.1 Å². The minimum atomic E-state index is -0.602. The summed E-state index contributed by atoms with van der Waals surface area (Å²) in [6.07, 6.45) is 0. The summed E-state index contributed by atoms with van der Waals surface area (Å²) in [6.45, 7) is 0.379. The Balaban J connectivity index is 1.47. The molecule has 26 heavy (non-hydrogen) atoms. The Morgan fingerprint density at radius 1 is 1.15 bits per heavy atom. The van der Waals surface area contributed by atoms with Gasteiger partial charge in [0.2, 0.25) is 5.91 Å². The number of fused-ring (bicyclic) bond motifs is 1. The highest BCUT2D eigenvalue weighted by Crippen LogP contribution is 2.21. The van der Waals surface area contributed by atoms with E-state index in [-0.39, 0.29) is 19.0 Å². The molecule has 2 aromatic heterocycles. The van der Waals surface area contributed by atoms with E-state index in [2.05, 4.69) is 10.4 Å². The summed E-state index contributed by atoms with van der Waals surface area (Å²) in [5, 5.41) is 8.81. The number of nitrogens with zero attached hydrogens (tertiary/aromatic N) is 4. The van der Waals surface area contributed by atoms with Crippen LogP contribution in [-0.4, -0.2) is 26.3 Å². The van der Waals surface area contributed by atoms with E-state index >= 15 is 0 Å². The molecule has 132 valence electrons. The molecule has 3 heterocycles. The highest BCUT2D eigenvalue weighted by atomic mass is 32.1. The molecule has 3 aromatic rings. The first kappa shape index (κ1) is 16.3. The zero-order valence-corrected chi connectivity index (χ0v) is 14.5. The summed E-state index contributed by atoms with van der Waals surface area (Å²) in [5.74, 6) is -0.000419. The van der Waals surface area contributed by atoms with Crippen LogP contribution >= 0.6 is 11.3 Å². The maximum Gasteiger partial charge on any atom is 0.354 e. The first-order chi connectivity index (χ1) is 12.6. The third-order valence-corrected chi connectivity index (χ3v) is 4.91. The van der Waals surface area contributed by atoms with E-state index < -0.39 is 11.7 Å². The number of anilines is 1. The molecule has 8 nitrogen and oxygen atoms in total. The summed E-state index contributed by atoms with van der Waals surface area (Å²) in [5.41, 5.74) is 0.0948. The Labute approximate surface area is 152 Å². The lowest BCUT2D eigenvalue weighted by Gasteiger charge is -2.14. The molecule has 0 aliphatic carbocycles. The number of aromatic nitrogens is 3. The molecule has 1 aliphatic heterocycles. The van der Waals surface area contributed by atoms with Crippen molar-refractivity contribution >= 4 is 29.0 Å². The number of nitrogens with one attached hydrogen (secondary N) is 1. The predicted octanol–water partition coefficient (Wildman–Crippen LogP) is 1.41. The zero-order valence-electron chi connectivity index (χ0n) is 13.7. The van der Waals surface area contributed by atoms with Gasteiger partial charge >= 0.3 is 11.7 Å². The Hall–Kier alpha value is -3.20. The van der Waals surface area contributed by atoms with Crippen LogP contribution in [0.2, 0.25) is 0 Å². The summed E-state index contributed by atoms with van der Waals surface area (Å²) in [6, 6.07) is 12.4. The van der Waals surface area contributed by atoms with Crippen molar-refractivity contribution in [3.63, 3.8) is 0 Å². The minimum absolute atomic E-state index is 0.196. The molecule has 0 saturated heterocycles. The van der Waals surface area contributed by atoms with E-state index in [0.717, 1.165) is 14.1 Å². The number of carbonyl (C=O) groups excluding carboxylic acids is 2. The number of carbonyl (C=O) groups is 2. The molecule has 0 radical (unpaired) electrons. The number of amides is 2. The van der Waals surface area contributed by atoms with E-state index in [9.17, 15) is 14.4 Å². The van der Waals surface area contributed by atoms with Crippen molar-refractivity contribution in [3.05, 3.63) is 69.0 Å². The van der Waals surface area contributed by atoms with E-state index in [4.69, 9.17) is 0 Å². The van der Waals surface area contributed by atoms with Gasteiger partial charge in [0, 0.05) is 10.6 Å². The third-order valence-electron chi connectivity index (χ3n) is 4.03. The second kappa shape index (κ2) is 6.60. The summed E-state index contributed by atoms with van der Waals surface area (Å²) in [4.78, 5) is 39.5. The van der Waals surface area contributed by atoms with E-state index in [1.807, 2.05) is 35.7 Å². The smallest absolute Gasteiger partial charge is 0.350 e. The van der Waals surface area contributed by atoms with E-state index in [0.29, 0.717) is 18.1 Å². The number of hydrogen-bond acceptors (Lipinski definition) is 5. The van der Waals surface area contributed by atoms with Crippen LogP contribution < -0.4 is 15.9 Å². The van der Waals surface area contributed by atoms with Crippen LogP contribution in [0.5, 0.6) is 0 Å². The van der Waals surface area contributed by atoms with Crippen LogP contribution in [0.3, 0.4) is 0 Å². The minimum Gasteiger partial charge on any atom is -0.350 e. The molecule has 1 N–H and O–H groups in total. The Bertz CT molecular complexity index is 1010. The van der Waals surface area contributed by atoms with Crippen LogP contribution in [0, 0.1) is 0 Å². The van der Waals surface area contributed by atoms with Crippen molar-refractivity contribution < 1.29 is 9.59 Å². The summed E-state index contributed by atoms with van der Waals surface area (Å²) in [7, 11) is 0. The lowest BCUT2D eigenvalue weighted by molar-refractivity contribution is -0.122. The topological polar surface area (TPSA) is 89.2 Å². The number of thiophene rings is 1. The second-order valence-electron chi connectivity index (χ2n) is 5.75. The SMILES string of the molecule is O=C(Cn1nc2n(c1=O)C(=O)N(c1ccccc1)C2)NCc1cccs1. The van der Waals surface area contributed by atoms with Crippen LogP contribution in [0.25, 0.3) is 0 Å². The van der Waals surface area contributed by atoms with Crippen molar-refractivity contribution in [2.24, 2.45) is 0 Å². The van der Waals surface area contributed by atoms with Crippen molar-refractivity contribution in [2.45, 2.75) is 19.6 Å². The largest absolute Gasteiger partial charge is 0.354 e. The van der Waals surface area contributed by atoms with Crippen LogP contribution in [-0.2, 0) is 24.4 Å². The molecule has 9 heteroatoms. The number of hydrogen-bond donors (Lipinski definition) is 1. The van der Waals surface area contributed by atoms with E-state index in [1.54, 1.807) is 12.1 Å². The fourth-order valence-electron chi connectivity index (χ4n) is 2.78. The van der Waals surface area contributed by atoms with Crippen molar-refractivity contribution in [3.8, 4) is 0 Å². The highest BCUT2D eigenvalue weighted by Gasteiger charge is 2.33. The van der Waals surface area contributed by atoms with Gasteiger partial charge in [-0.3, -0.25) is 9.69 Å². The quantitative estimate of drug-likeness (QED) is 0.736. The Morgan fingerprint density at radius 2 is 1.96 bits per heavy atom. The molecule has 4 rings (SSSR count). The molecule has 2 amide bonds. The predicted molar refractivity (Wildman–Crippen MR) is 96.1 cm³/mol. The molecule has 0 fully saturated rings. The van der Waals surface area contributed by atoms with Gasteiger partial charge in [-0.25, -0.2) is 14.3 Å². The first-order valence-corrected chi connectivity index (χ1v) is 8.86. The van der Waals surface area contributed by atoms with Gasteiger partial charge in [-0.2, -0.15) is 9.67 Å². The molecule has 0 bridgehead atoms. The summed E-state index contributed by atoms with van der Waals surface area (Å²) < 4.78 is 2.04. The molecule has 0 saturated carbocycles. The number of para-hydroxylation sites is 1. The van der Waals surface area contributed by atoms with Gasteiger partial charge in [0.1, 0.15) is 6.54 Å². The van der Waals surface area contributed by atoms with Crippen molar-refractivity contribution in [2.75, 3.05) is 4.90 Å². The standard InChI is InChI=1S/C17H15N5O3S/c23-15(18-9-13-7-4-8-26-13)11-21-17(25)22-14(19-21)10-20(16(22)24)12-5-2-1-3-6-12/h1-8H,9-11H2,(H,18,23). The van der Waals surface area contributed by atoms with Gasteiger partial charge < -0.3 is 5.32 Å². The normalized spacial score (nSPS) is 13.1. The average Bonchev–Trinajstić information content (AvgIpc) is 3.34. The monoisotopic (exact) mass is 369 g/mol. The number of rotatable bonds is 5. The van der Waals surface area contributed by atoms with Gasteiger partial charge in [-0.05, 0) is 23.6 Å². The second-order valence-corrected chi connectivity index (χ2v) is 6.78. The summed E-state index contributed by atoms with van der Waals surface area (Å²) >= 11 is 1.54. The van der Waals surface area contributed by atoms with Gasteiger partial charge in [-0.1, -0.05) is 24.3 Å².